The number of fused-ring (bicyclic) bond motifs is 7. The Kier molecular flexibility index (Phi) is 7.62. The van der Waals surface area contributed by atoms with Gasteiger partial charge in [-0.3, -0.25) is 4.79 Å². The minimum atomic E-state index is -4.17. The SMILES string of the molecule is CC12CCCCC1C1=CC(=O)C3C(C)(CCC4C(C)(C)C(C=O)CCC43C)C1CC2.COCC(F)(F)F. The summed E-state index contributed by atoms with van der Waals surface area (Å²) >= 11 is 0. The van der Waals surface area contributed by atoms with Gasteiger partial charge >= 0.3 is 6.18 Å². The minimum Gasteiger partial charge on any atom is -0.375 e. The molecule has 0 aliphatic heterocycles. The number of hydrogen-bond acceptors (Lipinski definition) is 3. The van der Waals surface area contributed by atoms with Crippen LogP contribution in [0.3, 0.4) is 0 Å². The second kappa shape index (κ2) is 9.78. The zero-order valence-electron chi connectivity index (χ0n) is 23.7. The van der Waals surface area contributed by atoms with Crippen LogP contribution in [0.2, 0.25) is 0 Å². The molecular weight excluding hydrogens is 477 g/mol. The van der Waals surface area contributed by atoms with E-state index in [2.05, 4.69) is 45.4 Å². The number of methoxy groups -OCH3 is 1. The number of hydrogen-bond donors (Lipinski definition) is 0. The van der Waals surface area contributed by atoms with E-state index in [1.165, 1.54) is 51.2 Å². The van der Waals surface area contributed by atoms with E-state index in [4.69, 9.17) is 0 Å². The first kappa shape index (κ1) is 28.8. The number of ketones is 1. The van der Waals surface area contributed by atoms with Crippen LogP contribution < -0.4 is 0 Å². The van der Waals surface area contributed by atoms with Crippen molar-refractivity contribution in [3.63, 3.8) is 0 Å². The zero-order valence-corrected chi connectivity index (χ0v) is 23.7. The lowest BCUT2D eigenvalue weighted by atomic mass is 9.36. The average molecular weight is 525 g/mol. The van der Waals surface area contributed by atoms with Gasteiger partial charge < -0.3 is 9.53 Å². The van der Waals surface area contributed by atoms with Gasteiger partial charge in [0.05, 0.1) is 0 Å². The van der Waals surface area contributed by atoms with Crippen molar-refractivity contribution in [1.29, 1.82) is 0 Å². The van der Waals surface area contributed by atoms with E-state index in [1.54, 1.807) is 5.57 Å². The maximum Gasteiger partial charge on any atom is 0.411 e. The Labute approximate surface area is 221 Å². The van der Waals surface area contributed by atoms with Crippen LogP contribution in [0.1, 0.15) is 98.8 Å². The van der Waals surface area contributed by atoms with Crippen molar-refractivity contribution in [2.75, 3.05) is 13.7 Å². The van der Waals surface area contributed by atoms with Crippen molar-refractivity contribution in [3.05, 3.63) is 11.6 Å². The standard InChI is InChI=1S/C28H42O2.C3H5F3O/c1-25(2)18(17-29)9-14-28(5)23(25)11-15-27(4)21-10-13-26(3)12-7-6-8-20(26)19(21)16-22(30)24(27)28;1-7-2-3(4,5)6/h16-18,20-21,23-24H,6-15H2,1-5H3;2H2,1H3. The number of carbonyl (C=O) groups excluding carboxylic acids is 2. The monoisotopic (exact) mass is 524 g/mol. The number of rotatable bonds is 2. The molecule has 0 amide bonds. The first-order valence-corrected chi connectivity index (χ1v) is 14.4. The molecule has 0 heterocycles. The van der Waals surface area contributed by atoms with Crippen molar-refractivity contribution >= 4 is 12.1 Å². The molecular formula is C31H47F3O3. The number of allylic oxidation sites excluding steroid dienone is 2. The van der Waals surface area contributed by atoms with Gasteiger partial charge in [-0.05, 0) is 96.9 Å². The molecule has 0 aromatic carbocycles. The molecule has 210 valence electrons. The number of aldehydes is 1. The lowest BCUT2D eigenvalue weighted by Gasteiger charge is -2.67. The highest BCUT2D eigenvalue weighted by Gasteiger charge is 2.66. The van der Waals surface area contributed by atoms with Gasteiger partial charge in [0.15, 0.2) is 5.78 Å². The molecule has 0 saturated heterocycles. The Balaban J connectivity index is 0.000000405. The Morgan fingerprint density at radius 1 is 0.919 bits per heavy atom. The molecule has 0 aromatic heterocycles. The molecule has 8 unspecified atom stereocenters. The van der Waals surface area contributed by atoms with Crippen LogP contribution in [0.4, 0.5) is 13.2 Å². The van der Waals surface area contributed by atoms with Crippen molar-refractivity contribution in [2.45, 2.75) is 105 Å². The van der Waals surface area contributed by atoms with Gasteiger partial charge in [-0.15, -0.1) is 0 Å². The lowest BCUT2D eigenvalue weighted by molar-refractivity contribution is -0.177. The van der Waals surface area contributed by atoms with Crippen LogP contribution in [0, 0.1) is 51.2 Å². The topological polar surface area (TPSA) is 43.4 Å². The zero-order chi connectivity index (χ0) is 27.4. The summed E-state index contributed by atoms with van der Waals surface area (Å²) in [5, 5.41) is 0. The maximum absolute atomic E-state index is 13.9. The van der Waals surface area contributed by atoms with Crippen molar-refractivity contribution < 1.29 is 27.5 Å². The highest BCUT2D eigenvalue weighted by molar-refractivity contribution is 5.95. The second-order valence-corrected chi connectivity index (χ2v) is 14.3. The van der Waals surface area contributed by atoms with Gasteiger partial charge in [0.2, 0.25) is 0 Å². The van der Waals surface area contributed by atoms with E-state index >= 15 is 0 Å². The summed E-state index contributed by atoms with van der Waals surface area (Å²) in [5.74, 6) is 2.42. The third kappa shape index (κ3) is 4.76. The summed E-state index contributed by atoms with van der Waals surface area (Å²) in [6.07, 6.45) is 11.5. The Morgan fingerprint density at radius 2 is 1.59 bits per heavy atom. The summed E-state index contributed by atoms with van der Waals surface area (Å²) in [7, 11) is 1.01. The highest BCUT2D eigenvalue weighted by Crippen LogP contribution is 2.71. The number of ether oxygens (including phenoxy) is 1. The van der Waals surface area contributed by atoms with E-state index in [9.17, 15) is 22.8 Å². The normalized spacial score (nSPS) is 44.6. The van der Waals surface area contributed by atoms with Crippen LogP contribution >= 0.6 is 0 Å². The first-order valence-electron chi connectivity index (χ1n) is 14.4. The molecule has 0 bridgehead atoms. The van der Waals surface area contributed by atoms with E-state index in [-0.39, 0.29) is 28.1 Å². The molecule has 5 aliphatic carbocycles. The minimum absolute atomic E-state index is 0.00510. The van der Waals surface area contributed by atoms with Gasteiger partial charge in [-0.1, -0.05) is 53.0 Å². The molecule has 8 atom stereocenters. The molecule has 0 radical (unpaired) electrons. The average Bonchev–Trinajstić information content (AvgIpc) is 2.77. The van der Waals surface area contributed by atoms with E-state index < -0.39 is 12.8 Å². The van der Waals surface area contributed by atoms with Crippen LogP contribution in [-0.2, 0) is 14.3 Å². The van der Waals surface area contributed by atoms with Gasteiger partial charge in [-0.2, -0.15) is 13.2 Å². The molecule has 5 rings (SSSR count). The Bertz CT molecular complexity index is 923. The van der Waals surface area contributed by atoms with Crippen LogP contribution in [0.15, 0.2) is 11.6 Å². The van der Waals surface area contributed by atoms with Gasteiger partial charge in [0, 0.05) is 18.9 Å². The maximum atomic E-state index is 13.9. The fourth-order valence-corrected chi connectivity index (χ4v) is 10.3. The largest absolute Gasteiger partial charge is 0.411 e. The first-order chi connectivity index (χ1) is 17.1. The Hall–Kier alpha value is -1.17. The van der Waals surface area contributed by atoms with E-state index in [0.717, 1.165) is 26.4 Å². The molecule has 0 spiro atoms. The molecule has 6 heteroatoms. The number of alkyl halides is 3. The molecule has 5 aliphatic rings. The molecule has 4 saturated carbocycles. The summed E-state index contributed by atoms with van der Waals surface area (Å²) in [6.45, 7) is 10.9. The number of halogens is 3. The van der Waals surface area contributed by atoms with Crippen LogP contribution in [-0.4, -0.2) is 32.0 Å². The summed E-state index contributed by atoms with van der Waals surface area (Å²) in [5.41, 5.74) is 2.11. The van der Waals surface area contributed by atoms with E-state index in [1.807, 2.05) is 0 Å². The van der Waals surface area contributed by atoms with Crippen molar-refractivity contribution in [3.8, 4) is 0 Å². The Morgan fingerprint density at radius 3 is 2.19 bits per heavy atom. The fraction of sp³-hybridized carbons (Fsp3) is 0.871. The lowest BCUT2D eigenvalue weighted by Crippen LogP contribution is -2.63. The summed E-state index contributed by atoms with van der Waals surface area (Å²) in [6, 6.07) is 0. The highest BCUT2D eigenvalue weighted by atomic mass is 19.4. The van der Waals surface area contributed by atoms with Crippen molar-refractivity contribution in [1.82, 2.24) is 0 Å². The van der Waals surface area contributed by atoms with Gasteiger partial charge in [0.25, 0.3) is 0 Å². The van der Waals surface area contributed by atoms with Crippen LogP contribution in [0.25, 0.3) is 0 Å². The van der Waals surface area contributed by atoms with Crippen LogP contribution in [0.5, 0.6) is 0 Å². The third-order valence-corrected chi connectivity index (χ3v) is 11.9. The summed E-state index contributed by atoms with van der Waals surface area (Å²) < 4.78 is 36.6. The predicted molar refractivity (Wildman–Crippen MR) is 139 cm³/mol. The molecule has 4 fully saturated rings. The third-order valence-electron chi connectivity index (χ3n) is 11.9. The second-order valence-electron chi connectivity index (χ2n) is 14.3. The predicted octanol–water partition coefficient (Wildman–Crippen LogP) is 7.97. The van der Waals surface area contributed by atoms with Gasteiger partial charge in [-0.25, -0.2) is 0 Å². The number of carbonyl (C=O) groups is 2. The molecule has 3 nitrogen and oxygen atoms in total. The van der Waals surface area contributed by atoms with Gasteiger partial charge in [0.1, 0.15) is 12.9 Å². The molecule has 0 aromatic rings. The fourth-order valence-electron chi connectivity index (χ4n) is 10.3. The molecule has 37 heavy (non-hydrogen) atoms. The summed E-state index contributed by atoms with van der Waals surface area (Å²) in [4.78, 5) is 25.8. The van der Waals surface area contributed by atoms with Crippen molar-refractivity contribution in [2.24, 2.45) is 51.2 Å². The van der Waals surface area contributed by atoms with E-state index in [0.29, 0.717) is 29.0 Å². The smallest absolute Gasteiger partial charge is 0.375 e. The molecule has 0 N–H and O–H groups in total. The quantitative estimate of drug-likeness (QED) is 0.344.